The third-order valence-electron chi connectivity index (χ3n) is 3.36. The summed E-state index contributed by atoms with van der Waals surface area (Å²) in [5.74, 6) is -0.0298. The highest BCUT2D eigenvalue weighted by Crippen LogP contribution is 2.14. The van der Waals surface area contributed by atoms with Crippen LogP contribution in [0.5, 0.6) is 0 Å². The second kappa shape index (κ2) is 8.47. The predicted molar refractivity (Wildman–Crippen MR) is 89.2 cm³/mol. The molecule has 1 heterocycles. The van der Waals surface area contributed by atoms with Crippen molar-refractivity contribution in [1.82, 2.24) is 20.1 Å². The Bertz CT molecular complexity index is 657. The molecule has 0 fully saturated rings. The van der Waals surface area contributed by atoms with Crippen molar-refractivity contribution in [2.24, 2.45) is 0 Å². The molecule has 0 bridgehead atoms. The molecule has 0 aliphatic rings. The summed E-state index contributed by atoms with van der Waals surface area (Å²) < 4.78 is 1.87. The van der Waals surface area contributed by atoms with Gasteiger partial charge in [0.2, 0.25) is 5.91 Å². The number of benzene rings is 1. The lowest BCUT2D eigenvalue weighted by Gasteiger charge is -2.16. The van der Waals surface area contributed by atoms with Gasteiger partial charge in [0.25, 0.3) is 0 Å². The fourth-order valence-corrected chi connectivity index (χ4v) is 2.88. The molecule has 122 valence electrons. The van der Waals surface area contributed by atoms with Crippen LogP contribution >= 0.6 is 11.8 Å². The number of nitrogens with one attached hydrogen (secondary N) is 1. The summed E-state index contributed by atoms with van der Waals surface area (Å²) in [7, 11) is 0. The second-order valence-corrected chi connectivity index (χ2v) is 6.05. The van der Waals surface area contributed by atoms with E-state index >= 15 is 0 Å². The number of carbonyl (C=O) groups is 2. The average Bonchev–Trinajstić information content (AvgIpc) is 3.00. The number of thioether (sulfide) groups is 1. The van der Waals surface area contributed by atoms with Crippen molar-refractivity contribution >= 4 is 23.5 Å². The molecule has 2 rings (SSSR count). The van der Waals surface area contributed by atoms with Crippen LogP contribution in [-0.4, -0.2) is 38.2 Å². The maximum Gasteiger partial charge on any atom is 0.231 e. The molecule has 23 heavy (non-hydrogen) atoms. The Labute approximate surface area is 139 Å². The first-order valence-corrected chi connectivity index (χ1v) is 8.43. The van der Waals surface area contributed by atoms with Crippen LogP contribution in [0.4, 0.5) is 0 Å². The molecule has 0 saturated carbocycles. The van der Waals surface area contributed by atoms with Gasteiger partial charge in [0.1, 0.15) is 6.33 Å². The van der Waals surface area contributed by atoms with Crippen molar-refractivity contribution in [3.05, 3.63) is 42.2 Å². The van der Waals surface area contributed by atoms with E-state index in [-0.39, 0.29) is 17.4 Å². The van der Waals surface area contributed by atoms with E-state index in [1.807, 2.05) is 41.8 Å². The van der Waals surface area contributed by atoms with Gasteiger partial charge in [-0.3, -0.25) is 9.59 Å². The van der Waals surface area contributed by atoms with Crippen LogP contribution in [-0.2, 0) is 22.6 Å². The molecule has 0 saturated heterocycles. The molecule has 0 unspecified atom stereocenters. The molecule has 0 aliphatic carbocycles. The van der Waals surface area contributed by atoms with Gasteiger partial charge < -0.3 is 9.88 Å². The zero-order valence-electron chi connectivity index (χ0n) is 13.2. The van der Waals surface area contributed by atoms with Gasteiger partial charge in [-0.1, -0.05) is 42.1 Å². The summed E-state index contributed by atoms with van der Waals surface area (Å²) in [5.41, 5.74) is 1.02. The number of hydrogen-bond donors (Lipinski definition) is 1. The van der Waals surface area contributed by atoms with Crippen LogP contribution in [0.15, 0.2) is 41.8 Å². The fourth-order valence-electron chi connectivity index (χ4n) is 2.09. The minimum Gasteiger partial charge on any atom is -0.345 e. The lowest BCUT2D eigenvalue weighted by molar-refractivity contribution is -0.125. The zero-order valence-corrected chi connectivity index (χ0v) is 14.0. The van der Waals surface area contributed by atoms with E-state index in [2.05, 4.69) is 15.5 Å². The van der Waals surface area contributed by atoms with Crippen molar-refractivity contribution in [3.63, 3.8) is 0 Å². The van der Waals surface area contributed by atoms with Crippen molar-refractivity contribution in [1.29, 1.82) is 0 Å². The van der Waals surface area contributed by atoms with Gasteiger partial charge in [-0.05, 0) is 25.8 Å². The molecule has 1 aromatic carbocycles. The Balaban J connectivity index is 1.89. The number of carbonyl (C=O) groups excluding carboxylic acids is 2. The lowest BCUT2D eigenvalue weighted by atomic mass is 10.0. The summed E-state index contributed by atoms with van der Waals surface area (Å²) in [6.07, 6.45) is 2.13. The smallest absolute Gasteiger partial charge is 0.231 e. The zero-order chi connectivity index (χ0) is 16.7. The SMILES string of the molecule is CCn1cnnc1SCC(=O)N[C@@H](Cc1ccccc1)C(C)=O. The van der Waals surface area contributed by atoms with Gasteiger partial charge in [-0.15, -0.1) is 10.2 Å². The maximum absolute atomic E-state index is 12.1. The highest BCUT2D eigenvalue weighted by Gasteiger charge is 2.18. The van der Waals surface area contributed by atoms with Crippen molar-refractivity contribution in [2.45, 2.75) is 38.0 Å². The molecule has 6 nitrogen and oxygen atoms in total. The quantitative estimate of drug-likeness (QED) is 0.745. The number of nitrogens with zero attached hydrogens (tertiary/aromatic N) is 3. The Morgan fingerprint density at radius 1 is 1.30 bits per heavy atom. The number of Topliss-reactive ketones (excluding diaryl/α,β-unsaturated/α-hetero) is 1. The predicted octanol–water partition coefficient (Wildman–Crippen LogP) is 1.71. The van der Waals surface area contributed by atoms with Gasteiger partial charge in [0.05, 0.1) is 11.8 Å². The number of aryl methyl sites for hydroxylation is 1. The van der Waals surface area contributed by atoms with Crippen LogP contribution in [0.3, 0.4) is 0 Å². The number of amides is 1. The van der Waals surface area contributed by atoms with E-state index in [1.54, 1.807) is 6.33 Å². The van der Waals surface area contributed by atoms with Gasteiger partial charge in [0, 0.05) is 6.54 Å². The topological polar surface area (TPSA) is 76.9 Å². The largest absolute Gasteiger partial charge is 0.345 e. The fraction of sp³-hybridized carbons (Fsp3) is 0.375. The first kappa shape index (κ1) is 17.2. The van der Waals surface area contributed by atoms with Gasteiger partial charge in [-0.25, -0.2) is 0 Å². The maximum atomic E-state index is 12.1. The molecule has 1 N–H and O–H groups in total. The molecule has 1 aromatic heterocycles. The van der Waals surface area contributed by atoms with E-state index < -0.39 is 6.04 Å². The number of aromatic nitrogens is 3. The second-order valence-electron chi connectivity index (χ2n) is 5.11. The Kier molecular flexibility index (Phi) is 6.34. The lowest BCUT2D eigenvalue weighted by Crippen LogP contribution is -2.42. The van der Waals surface area contributed by atoms with Crippen LogP contribution in [0, 0.1) is 0 Å². The van der Waals surface area contributed by atoms with Crippen LogP contribution in [0.2, 0.25) is 0 Å². The Morgan fingerprint density at radius 2 is 2.04 bits per heavy atom. The summed E-state index contributed by atoms with van der Waals surface area (Å²) in [4.78, 5) is 23.9. The first-order valence-electron chi connectivity index (χ1n) is 7.44. The normalized spacial score (nSPS) is 11.9. The molecule has 0 spiro atoms. The summed E-state index contributed by atoms with van der Waals surface area (Å²) >= 11 is 1.31. The molecule has 7 heteroatoms. The minimum absolute atomic E-state index is 0.0519. The van der Waals surface area contributed by atoms with Crippen molar-refractivity contribution in [2.75, 3.05) is 5.75 Å². The monoisotopic (exact) mass is 332 g/mol. The van der Waals surface area contributed by atoms with Crippen LogP contribution in [0.1, 0.15) is 19.4 Å². The van der Waals surface area contributed by atoms with Gasteiger partial charge in [-0.2, -0.15) is 0 Å². The standard InChI is InChI=1S/C16H20N4O2S/c1-3-20-11-17-19-16(20)23-10-15(22)18-14(12(2)21)9-13-7-5-4-6-8-13/h4-8,11,14H,3,9-10H2,1-2H3,(H,18,22)/t14-/m0/s1. The van der Waals surface area contributed by atoms with E-state index in [4.69, 9.17) is 0 Å². The number of ketones is 1. The molecule has 0 radical (unpaired) electrons. The minimum atomic E-state index is -0.505. The van der Waals surface area contributed by atoms with E-state index in [0.29, 0.717) is 11.6 Å². The van der Waals surface area contributed by atoms with Gasteiger partial charge >= 0.3 is 0 Å². The van der Waals surface area contributed by atoms with Crippen molar-refractivity contribution < 1.29 is 9.59 Å². The Hall–Kier alpha value is -2.15. The number of hydrogen-bond acceptors (Lipinski definition) is 5. The summed E-state index contributed by atoms with van der Waals surface area (Å²) in [6.45, 7) is 4.23. The third-order valence-corrected chi connectivity index (χ3v) is 4.34. The third kappa shape index (κ3) is 5.21. The molecule has 0 aliphatic heterocycles. The summed E-state index contributed by atoms with van der Waals surface area (Å²) in [6, 6.07) is 9.14. The van der Waals surface area contributed by atoms with Crippen LogP contribution < -0.4 is 5.32 Å². The highest BCUT2D eigenvalue weighted by atomic mass is 32.2. The molecule has 1 amide bonds. The van der Waals surface area contributed by atoms with E-state index in [9.17, 15) is 9.59 Å². The van der Waals surface area contributed by atoms with Crippen molar-refractivity contribution in [3.8, 4) is 0 Å². The average molecular weight is 332 g/mol. The van der Waals surface area contributed by atoms with E-state index in [0.717, 1.165) is 12.1 Å². The number of rotatable bonds is 8. The molecule has 1 atom stereocenters. The highest BCUT2D eigenvalue weighted by molar-refractivity contribution is 7.99. The first-order chi connectivity index (χ1) is 11.1. The van der Waals surface area contributed by atoms with Gasteiger partial charge in [0.15, 0.2) is 10.9 Å². The molecular weight excluding hydrogens is 312 g/mol. The Morgan fingerprint density at radius 3 is 2.70 bits per heavy atom. The molecule has 2 aromatic rings. The summed E-state index contributed by atoms with van der Waals surface area (Å²) in [5, 5.41) is 11.3. The molecular formula is C16H20N4O2S. The van der Waals surface area contributed by atoms with Crippen LogP contribution in [0.25, 0.3) is 0 Å². The van der Waals surface area contributed by atoms with E-state index in [1.165, 1.54) is 18.7 Å².